The first kappa shape index (κ1) is 16.7. The normalized spacial score (nSPS) is 17.2. The smallest absolute Gasteiger partial charge is 0.248 e. The molecule has 24 heavy (non-hydrogen) atoms. The van der Waals surface area contributed by atoms with Crippen molar-refractivity contribution in [3.8, 4) is 0 Å². The number of aryl methyl sites for hydroxylation is 1. The number of likely N-dealkylation sites (tertiary alicyclic amines) is 1. The fourth-order valence-corrected chi connectivity index (χ4v) is 3.36. The van der Waals surface area contributed by atoms with E-state index in [2.05, 4.69) is 24.3 Å². The Balaban J connectivity index is 1.45. The Labute approximate surface area is 144 Å². The molecule has 3 nitrogen and oxygen atoms in total. The standard InChI is InChI=1S/C21H25NO2/c23-21(17-24-16-19-10-5-2-6-11-19)22-15-7-12-20(22)14-13-18-8-3-1-4-9-18/h1-6,8-11,20H,7,12-17H2. The van der Waals surface area contributed by atoms with Gasteiger partial charge in [0.15, 0.2) is 0 Å². The lowest BCUT2D eigenvalue weighted by Crippen LogP contribution is -2.38. The van der Waals surface area contributed by atoms with Crippen LogP contribution in [0.1, 0.15) is 30.4 Å². The van der Waals surface area contributed by atoms with E-state index in [9.17, 15) is 4.79 Å². The van der Waals surface area contributed by atoms with Gasteiger partial charge in [-0.3, -0.25) is 4.79 Å². The molecule has 0 radical (unpaired) electrons. The second-order valence-corrected chi connectivity index (χ2v) is 6.39. The average Bonchev–Trinajstić information content (AvgIpc) is 3.10. The third-order valence-corrected chi connectivity index (χ3v) is 4.64. The molecule has 1 fully saturated rings. The van der Waals surface area contributed by atoms with Gasteiger partial charge in [-0.15, -0.1) is 0 Å². The van der Waals surface area contributed by atoms with Gasteiger partial charge in [-0.1, -0.05) is 60.7 Å². The van der Waals surface area contributed by atoms with Crippen LogP contribution in [0.3, 0.4) is 0 Å². The van der Waals surface area contributed by atoms with Crippen LogP contribution in [0.5, 0.6) is 0 Å². The Hall–Kier alpha value is -2.13. The van der Waals surface area contributed by atoms with Crippen molar-refractivity contribution in [3.63, 3.8) is 0 Å². The summed E-state index contributed by atoms with van der Waals surface area (Å²) in [5, 5.41) is 0. The minimum atomic E-state index is 0.126. The molecule has 0 aromatic heterocycles. The highest BCUT2D eigenvalue weighted by molar-refractivity contribution is 5.78. The molecule has 3 rings (SSSR count). The van der Waals surface area contributed by atoms with Gasteiger partial charge in [0.1, 0.15) is 6.61 Å². The third-order valence-electron chi connectivity index (χ3n) is 4.64. The summed E-state index contributed by atoms with van der Waals surface area (Å²) in [7, 11) is 0. The van der Waals surface area contributed by atoms with Crippen molar-refractivity contribution in [2.75, 3.05) is 13.2 Å². The predicted molar refractivity (Wildman–Crippen MR) is 95.6 cm³/mol. The first-order valence-electron chi connectivity index (χ1n) is 8.78. The van der Waals surface area contributed by atoms with Gasteiger partial charge in [0.25, 0.3) is 0 Å². The van der Waals surface area contributed by atoms with Gasteiger partial charge in [-0.25, -0.2) is 0 Å². The van der Waals surface area contributed by atoms with Crippen LogP contribution in [-0.2, 0) is 22.6 Å². The van der Waals surface area contributed by atoms with E-state index >= 15 is 0 Å². The summed E-state index contributed by atoms with van der Waals surface area (Å²) in [5.74, 6) is 0.126. The average molecular weight is 323 g/mol. The number of carbonyl (C=O) groups is 1. The van der Waals surface area contributed by atoms with Gasteiger partial charge in [-0.05, 0) is 36.8 Å². The second kappa shape index (κ2) is 8.65. The maximum Gasteiger partial charge on any atom is 0.248 e. The van der Waals surface area contributed by atoms with Crippen molar-refractivity contribution >= 4 is 5.91 Å². The first-order chi connectivity index (χ1) is 11.8. The molecule has 0 saturated carbocycles. The quantitative estimate of drug-likeness (QED) is 0.775. The van der Waals surface area contributed by atoms with E-state index in [1.54, 1.807) is 0 Å². The Bertz CT molecular complexity index is 627. The van der Waals surface area contributed by atoms with Gasteiger partial charge in [0, 0.05) is 12.6 Å². The van der Waals surface area contributed by atoms with Crippen LogP contribution >= 0.6 is 0 Å². The van der Waals surface area contributed by atoms with Crippen LogP contribution in [0, 0.1) is 0 Å². The van der Waals surface area contributed by atoms with E-state index in [1.807, 2.05) is 41.3 Å². The lowest BCUT2D eigenvalue weighted by Gasteiger charge is -2.24. The Morgan fingerprint density at radius 2 is 1.67 bits per heavy atom. The number of carbonyl (C=O) groups excluding carboxylic acids is 1. The van der Waals surface area contributed by atoms with Crippen LogP contribution in [0.25, 0.3) is 0 Å². The maximum absolute atomic E-state index is 12.5. The van der Waals surface area contributed by atoms with Crippen molar-refractivity contribution in [3.05, 3.63) is 71.8 Å². The van der Waals surface area contributed by atoms with Gasteiger partial charge < -0.3 is 9.64 Å². The number of nitrogens with zero attached hydrogens (tertiary/aromatic N) is 1. The number of hydrogen-bond donors (Lipinski definition) is 0. The molecule has 2 aromatic rings. The van der Waals surface area contributed by atoms with Crippen LogP contribution in [0.4, 0.5) is 0 Å². The van der Waals surface area contributed by atoms with E-state index in [-0.39, 0.29) is 12.5 Å². The molecule has 1 aliphatic heterocycles. The molecule has 0 bridgehead atoms. The summed E-state index contributed by atoms with van der Waals surface area (Å²) in [4.78, 5) is 14.5. The molecule has 2 aromatic carbocycles. The molecule has 1 saturated heterocycles. The molecule has 1 amide bonds. The molecule has 3 heteroatoms. The van der Waals surface area contributed by atoms with Crippen molar-refractivity contribution in [2.45, 2.75) is 38.3 Å². The predicted octanol–water partition coefficient (Wildman–Crippen LogP) is 3.83. The van der Waals surface area contributed by atoms with Gasteiger partial charge in [0.05, 0.1) is 6.61 Å². The fourth-order valence-electron chi connectivity index (χ4n) is 3.36. The molecule has 1 heterocycles. The van der Waals surface area contributed by atoms with Crippen molar-refractivity contribution < 1.29 is 9.53 Å². The summed E-state index contributed by atoms with van der Waals surface area (Å²) in [6.07, 6.45) is 4.27. The van der Waals surface area contributed by atoms with Crippen LogP contribution in [0.2, 0.25) is 0 Å². The van der Waals surface area contributed by atoms with Crippen molar-refractivity contribution in [1.82, 2.24) is 4.90 Å². The summed E-state index contributed by atoms with van der Waals surface area (Å²) >= 11 is 0. The molecule has 0 N–H and O–H groups in total. The molecule has 1 unspecified atom stereocenters. The maximum atomic E-state index is 12.5. The Kier molecular flexibility index (Phi) is 6.02. The highest BCUT2D eigenvalue weighted by atomic mass is 16.5. The van der Waals surface area contributed by atoms with E-state index < -0.39 is 0 Å². The van der Waals surface area contributed by atoms with E-state index in [0.29, 0.717) is 12.6 Å². The Morgan fingerprint density at radius 3 is 2.38 bits per heavy atom. The van der Waals surface area contributed by atoms with E-state index in [0.717, 1.165) is 37.8 Å². The number of rotatable bonds is 7. The van der Waals surface area contributed by atoms with E-state index in [1.165, 1.54) is 5.56 Å². The Morgan fingerprint density at radius 1 is 1.00 bits per heavy atom. The zero-order valence-electron chi connectivity index (χ0n) is 14.1. The number of ether oxygens (including phenoxy) is 1. The van der Waals surface area contributed by atoms with Crippen LogP contribution in [-0.4, -0.2) is 30.0 Å². The van der Waals surface area contributed by atoms with Gasteiger partial charge >= 0.3 is 0 Å². The third kappa shape index (κ3) is 4.68. The highest BCUT2D eigenvalue weighted by Gasteiger charge is 2.28. The lowest BCUT2D eigenvalue weighted by molar-refractivity contribution is -0.137. The van der Waals surface area contributed by atoms with Crippen LogP contribution < -0.4 is 0 Å². The van der Waals surface area contributed by atoms with Gasteiger partial charge in [-0.2, -0.15) is 0 Å². The summed E-state index contributed by atoms with van der Waals surface area (Å²) < 4.78 is 5.61. The molecule has 126 valence electrons. The summed E-state index contributed by atoms with van der Waals surface area (Å²) in [5.41, 5.74) is 2.45. The van der Waals surface area contributed by atoms with Crippen LogP contribution in [0.15, 0.2) is 60.7 Å². The topological polar surface area (TPSA) is 29.5 Å². The minimum absolute atomic E-state index is 0.126. The monoisotopic (exact) mass is 323 g/mol. The largest absolute Gasteiger partial charge is 0.367 e. The molecular weight excluding hydrogens is 298 g/mol. The van der Waals surface area contributed by atoms with Crippen molar-refractivity contribution in [1.29, 1.82) is 0 Å². The molecule has 1 aliphatic rings. The fraction of sp³-hybridized carbons (Fsp3) is 0.381. The minimum Gasteiger partial charge on any atom is -0.367 e. The van der Waals surface area contributed by atoms with Gasteiger partial charge in [0.2, 0.25) is 5.91 Å². The zero-order chi connectivity index (χ0) is 16.6. The molecule has 0 aliphatic carbocycles. The number of benzene rings is 2. The molecule has 0 spiro atoms. The summed E-state index contributed by atoms with van der Waals surface area (Å²) in [6, 6.07) is 20.9. The zero-order valence-corrected chi connectivity index (χ0v) is 14.1. The molecule has 1 atom stereocenters. The highest BCUT2D eigenvalue weighted by Crippen LogP contribution is 2.22. The van der Waals surface area contributed by atoms with Crippen molar-refractivity contribution in [2.24, 2.45) is 0 Å². The lowest BCUT2D eigenvalue weighted by atomic mass is 10.0. The first-order valence-corrected chi connectivity index (χ1v) is 8.78. The van der Waals surface area contributed by atoms with E-state index in [4.69, 9.17) is 4.74 Å². The SMILES string of the molecule is O=C(COCc1ccccc1)N1CCCC1CCc1ccccc1. The summed E-state index contributed by atoms with van der Waals surface area (Å²) in [6.45, 7) is 1.54. The second-order valence-electron chi connectivity index (χ2n) is 6.39. The number of hydrogen-bond acceptors (Lipinski definition) is 2. The number of amides is 1. The molecular formula is C21H25NO2.